The smallest absolute Gasteiger partial charge is 0.255 e. The Labute approximate surface area is 272 Å². The average molecular weight is 657 g/mol. The molecule has 1 aliphatic rings. The monoisotopic (exact) mass is 656 g/mol. The Kier molecular flexibility index (Phi) is 9.41. The predicted molar refractivity (Wildman–Crippen MR) is 174 cm³/mol. The van der Waals surface area contributed by atoms with Gasteiger partial charge in [0.25, 0.3) is 11.8 Å². The first-order valence-electron chi connectivity index (χ1n) is 14.3. The van der Waals surface area contributed by atoms with Gasteiger partial charge in [-0.3, -0.25) is 14.2 Å². The summed E-state index contributed by atoms with van der Waals surface area (Å²) in [7, 11) is 3.11. The van der Waals surface area contributed by atoms with Crippen LogP contribution in [0.25, 0.3) is 5.69 Å². The van der Waals surface area contributed by atoms with E-state index >= 15 is 0 Å². The average Bonchev–Trinajstić information content (AvgIpc) is 3.87. The SMILES string of the molecule is COc1ccc([C@@H]2CC(c3cccs3)=NN2C(=O)CSc2nnc(CNC(=O)c3ccccc3OC)n2-c2ccc(F)cc2)cc1. The number of carbonyl (C=O) groups excluding carboxylic acids is 2. The number of nitrogens with zero attached hydrogens (tertiary/aromatic N) is 5. The Morgan fingerprint density at radius 2 is 1.76 bits per heavy atom. The third kappa shape index (κ3) is 6.65. The minimum atomic E-state index is -0.398. The van der Waals surface area contributed by atoms with Crippen LogP contribution in [0.4, 0.5) is 4.39 Å². The molecule has 5 aromatic rings. The number of ether oxygens (including phenoxy) is 2. The molecule has 3 aromatic carbocycles. The summed E-state index contributed by atoms with van der Waals surface area (Å²) in [6.07, 6.45) is 0.574. The Hall–Kier alpha value is -5.01. The van der Waals surface area contributed by atoms with Crippen molar-refractivity contribution in [3.63, 3.8) is 0 Å². The minimum absolute atomic E-state index is 0.0147. The largest absolute Gasteiger partial charge is 0.497 e. The summed E-state index contributed by atoms with van der Waals surface area (Å²) in [4.78, 5) is 27.8. The van der Waals surface area contributed by atoms with Crippen molar-refractivity contribution in [2.45, 2.75) is 24.2 Å². The van der Waals surface area contributed by atoms with Gasteiger partial charge in [-0.2, -0.15) is 5.10 Å². The van der Waals surface area contributed by atoms with E-state index in [1.165, 1.54) is 36.0 Å². The molecule has 0 bridgehead atoms. The van der Waals surface area contributed by atoms with Crippen LogP contribution in [-0.4, -0.2) is 57.3 Å². The fourth-order valence-electron chi connectivity index (χ4n) is 5.05. The lowest BCUT2D eigenvalue weighted by Crippen LogP contribution is -2.28. The van der Waals surface area contributed by atoms with Crippen LogP contribution in [0.15, 0.2) is 101 Å². The summed E-state index contributed by atoms with van der Waals surface area (Å²) in [5.41, 5.74) is 2.74. The summed E-state index contributed by atoms with van der Waals surface area (Å²) < 4.78 is 26.2. The van der Waals surface area contributed by atoms with E-state index in [0.717, 1.165) is 21.9 Å². The molecule has 1 aliphatic heterocycles. The van der Waals surface area contributed by atoms with E-state index < -0.39 is 5.82 Å². The first-order chi connectivity index (χ1) is 22.4. The first-order valence-corrected chi connectivity index (χ1v) is 16.1. The van der Waals surface area contributed by atoms with E-state index in [1.807, 2.05) is 41.8 Å². The lowest BCUT2D eigenvalue weighted by molar-refractivity contribution is -0.130. The van der Waals surface area contributed by atoms with Gasteiger partial charge in [0.2, 0.25) is 0 Å². The predicted octanol–water partition coefficient (Wildman–Crippen LogP) is 5.89. The highest BCUT2D eigenvalue weighted by atomic mass is 32.2. The molecule has 0 unspecified atom stereocenters. The molecule has 6 rings (SSSR count). The van der Waals surface area contributed by atoms with Crippen LogP contribution in [0.2, 0.25) is 0 Å². The molecule has 1 atom stereocenters. The van der Waals surface area contributed by atoms with Crippen molar-refractivity contribution in [2.75, 3.05) is 20.0 Å². The number of hydrogen-bond donors (Lipinski definition) is 1. The minimum Gasteiger partial charge on any atom is -0.497 e. The third-order valence-electron chi connectivity index (χ3n) is 7.34. The molecule has 0 saturated heterocycles. The Morgan fingerprint density at radius 1 is 0.978 bits per heavy atom. The van der Waals surface area contributed by atoms with Crippen molar-refractivity contribution >= 4 is 40.6 Å². The Morgan fingerprint density at radius 3 is 2.48 bits per heavy atom. The zero-order valence-corrected chi connectivity index (χ0v) is 26.6. The van der Waals surface area contributed by atoms with Crippen LogP contribution in [0.1, 0.15) is 39.1 Å². The van der Waals surface area contributed by atoms with Crippen LogP contribution in [-0.2, 0) is 11.3 Å². The molecule has 0 fully saturated rings. The van der Waals surface area contributed by atoms with Crippen molar-refractivity contribution in [3.8, 4) is 17.2 Å². The second kappa shape index (κ2) is 14.0. The van der Waals surface area contributed by atoms with Gasteiger partial charge in [0.05, 0.1) is 48.7 Å². The van der Waals surface area contributed by atoms with Crippen LogP contribution in [0, 0.1) is 5.82 Å². The number of carbonyl (C=O) groups is 2. The van der Waals surface area contributed by atoms with Gasteiger partial charge >= 0.3 is 0 Å². The van der Waals surface area contributed by atoms with Crippen molar-refractivity contribution in [1.82, 2.24) is 25.1 Å². The fraction of sp³-hybridized carbons (Fsp3) is 0.182. The van der Waals surface area contributed by atoms with Gasteiger partial charge < -0.3 is 14.8 Å². The summed E-state index contributed by atoms with van der Waals surface area (Å²) in [6.45, 7) is 0.0237. The molecule has 3 heterocycles. The number of thiophene rings is 1. The van der Waals surface area contributed by atoms with Crippen molar-refractivity contribution in [3.05, 3.63) is 118 Å². The van der Waals surface area contributed by atoms with Crippen molar-refractivity contribution in [1.29, 1.82) is 0 Å². The number of methoxy groups -OCH3 is 2. The van der Waals surface area contributed by atoms with Gasteiger partial charge in [-0.1, -0.05) is 42.1 Å². The fourth-order valence-corrected chi connectivity index (χ4v) is 6.60. The van der Waals surface area contributed by atoms with E-state index in [1.54, 1.807) is 59.4 Å². The molecular formula is C33H29FN6O4S2. The number of rotatable bonds is 11. The number of halogens is 1. The zero-order valence-electron chi connectivity index (χ0n) is 24.9. The number of para-hydroxylation sites is 1. The molecule has 0 radical (unpaired) electrons. The maximum absolute atomic E-state index is 13.8. The lowest BCUT2D eigenvalue weighted by atomic mass is 10.0. The second-order valence-corrected chi connectivity index (χ2v) is 12.0. The number of amides is 2. The first kappa shape index (κ1) is 31.0. The molecule has 1 N–H and O–H groups in total. The van der Waals surface area contributed by atoms with E-state index in [9.17, 15) is 14.0 Å². The molecule has 46 heavy (non-hydrogen) atoms. The molecule has 0 spiro atoms. The zero-order chi connectivity index (χ0) is 32.0. The number of hydrogen-bond acceptors (Lipinski definition) is 9. The second-order valence-electron chi connectivity index (χ2n) is 10.1. The molecule has 13 heteroatoms. The Bertz CT molecular complexity index is 1860. The van der Waals surface area contributed by atoms with E-state index in [2.05, 4.69) is 15.5 Å². The number of thioether (sulfide) groups is 1. The number of benzene rings is 3. The molecular weight excluding hydrogens is 628 g/mol. The molecule has 10 nitrogen and oxygen atoms in total. The van der Waals surface area contributed by atoms with E-state index in [0.29, 0.717) is 34.4 Å². The lowest BCUT2D eigenvalue weighted by Gasteiger charge is -2.22. The normalized spacial score (nSPS) is 14.2. The number of hydrazone groups is 1. The van der Waals surface area contributed by atoms with Crippen LogP contribution >= 0.6 is 23.1 Å². The summed E-state index contributed by atoms with van der Waals surface area (Å²) >= 11 is 2.76. The molecule has 2 aromatic heterocycles. The highest BCUT2D eigenvalue weighted by Crippen LogP contribution is 2.35. The molecule has 0 aliphatic carbocycles. The van der Waals surface area contributed by atoms with Gasteiger partial charge in [0.15, 0.2) is 11.0 Å². The summed E-state index contributed by atoms with van der Waals surface area (Å²) in [6, 6.07) is 24.0. The molecule has 0 saturated carbocycles. The highest BCUT2D eigenvalue weighted by Gasteiger charge is 2.34. The van der Waals surface area contributed by atoms with Gasteiger partial charge in [0.1, 0.15) is 17.3 Å². The molecule has 2 amide bonds. The maximum Gasteiger partial charge on any atom is 0.255 e. The van der Waals surface area contributed by atoms with Gasteiger partial charge in [-0.15, -0.1) is 21.5 Å². The number of aromatic nitrogens is 3. The topological polar surface area (TPSA) is 111 Å². The van der Waals surface area contributed by atoms with E-state index in [-0.39, 0.29) is 30.2 Å². The van der Waals surface area contributed by atoms with Crippen LogP contribution < -0.4 is 14.8 Å². The van der Waals surface area contributed by atoms with Crippen LogP contribution in [0.5, 0.6) is 11.5 Å². The number of nitrogens with one attached hydrogen (secondary N) is 1. The summed E-state index contributed by atoms with van der Waals surface area (Å²) in [5.74, 6) is 0.621. The quantitative estimate of drug-likeness (QED) is 0.177. The van der Waals surface area contributed by atoms with Gasteiger partial charge in [-0.05, 0) is 65.5 Å². The van der Waals surface area contributed by atoms with Crippen molar-refractivity contribution < 1.29 is 23.5 Å². The van der Waals surface area contributed by atoms with Gasteiger partial charge in [0, 0.05) is 12.1 Å². The van der Waals surface area contributed by atoms with E-state index in [4.69, 9.17) is 14.6 Å². The Balaban J connectivity index is 1.23. The molecule has 234 valence electrons. The summed E-state index contributed by atoms with van der Waals surface area (Å²) in [5, 5.41) is 20.2. The highest BCUT2D eigenvalue weighted by molar-refractivity contribution is 7.99. The van der Waals surface area contributed by atoms with Crippen molar-refractivity contribution in [2.24, 2.45) is 5.10 Å². The third-order valence-corrected chi connectivity index (χ3v) is 9.17. The standard InChI is InChI=1S/C33H29FN6O4S2/c1-43-24-15-9-21(10-16-24)27-18-26(29-8-5-17-45-29)38-40(27)31(41)20-46-33-37-36-30(39(33)23-13-11-22(34)12-14-23)19-35-32(42)25-6-3-4-7-28(25)44-2/h3-17,27H,18-20H2,1-2H3,(H,35,42)/t27-/m0/s1. The maximum atomic E-state index is 13.8. The van der Waals surface area contributed by atoms with Crippen LogP contribution in [0.3, 0.4) is 0 Å². The van der Waals surface area contributed by atoms with Gasteiger partial charge in [-0.25, -0.2) is 9.40 Å².